The van der Waals surface area contributed by atoms with Crippen molar-refractivity contribution in [2.75, 3.05) is 19.6 Å². The number of carbonyl (C=O) groups is 3. The van der Waals surface area contributed by atoms with Crippen LogP contribution in [0.25, 0.3) is 0 Å². The minimum absolute atomic E-state index is 0.0368. The lowest BCUT2D eigenvalue weighted by Gasteiger charge is -2.31. The van der Waals surface area contributed by atoms with Gasteiger partial charge in [-0.15, -0.1) is 0 Å². The third-order valence-corrected chi connectivity index (χ3v) is 8.05. The number of fused-ring (bicyclic) bond motifs is 1. The summed E-state index contributed by atoms with van der Waals surface area (Å²) in [5.41, 5.74) is 6.42. The summed E-state index contributed by atoms with van der Waals surface area (Å²) in [5.74, 6) is -0.934. The van der Waals surface area contributed by atoms with Gasteiger partial charge in [-0.05, 0) is 43.9 Å². The first-order chi connectivity index (χ1) is 13.8. The molecular formula is C19H24N4O5S. The Morgan fingerprint density at radius 1 is 1.10 bits per heavy atom. The molecule has 1 aromatic carbocycles. The van der Waals surface area contributed by atoms with Crippen LogP contribution in [-0.4, -0.2) is 61.0 Å². The van der Waals surface area contributed by atoms with E-state index in [9.17, 15) is 22.8 Å². The Bertz CT molecular complexity index is 969. The number of rotatable bonds is 4. The van der Waals surface area contributed by atoms with Crippen LogP contribution < -0.4 is 11.1 Å². The summed E-state index contributed by atoms with van der Waals surface area (Å²) in [6.45, 7) is 1.39. The summed E-state index contributed by atoms with van der Waals surface area (Å²) in [7, 11) is -3.76. The van der Waals surface area contributed by atoms with Crippen molar-refractivity contribution < 1.29 is 22.8 Å². The molecule has 0 saturated carbocycles. The van der Waals surface area contributed by atoms with Gasteiger partial charge in [-0.25, -0.2) is 8.42 Å². The van der Waals surface area contributed by atoms with Gasteiger partial charge >= 0.3 is 0 Å². The standard InChI is InChI=1S/C19H24N4O5S/c20-10-12-6-8-22(9-7-12)29(27,28)16-3-1-2-13-14(16)11-23(19(13)26)15-4-5-17(24)21-18(15)25/h1-3,12,15H,4-11,20H2,(H,21,24,25). The molecular weight excluding hydrogens is 396 g/mol. The van der Waals surface area contributed by atoms with Crippen LogP contribution >= 0.6 is 0 Å². The van der Waals surface area contributed by atoms with E-state index in [4.69, 9.17) is 5.73 Å². The number of sulfonamides is 1. The van der Waals surface area contributed by atoms with E-state index in [0.29, 0.717) is 49.5 Å². The fourth-order valence-electron chi connectivity index (χ4n) is 4.32. The summed E-state index contributed by atoms with van der Waals surface area (Å²) in [6.07, 6.45) is 1.81. The maximum atomic E-state index is 13.3. The molecule has 3 aliphatic rings. The van der Waals surface area contributed by atoms with Crippen molar-refractivity contribution in [1.82, 2.24) is 14.5 Å². The van der Waals surface area contributed by atoms with Crippen molar-refractivity contribution >= 4 is 27.7 Å². The second-order valence-corrected chi connectivity index (χ2v) is 9.67. The lowest BCUT2D eigenvalue weighted by Crippen LogP contribution is -2.52. The first-order valence-electron chi connectivity index (χ1n) is 9.79. The number of piperidine rings is 2. The van der Waals surface area contributed by atoms with Crippen molar-refractivity contribution in [3.63, 3.8) is 0 Å². The minimum Gasteiger partial charge on any atom is -0.330 e. The van der Waals surface area contributed by atoms with E-state index in [0.717, 1.165) is 0 Å². The van der Waals surface area contributed by atoms with Crippen LogP contribution in [0.4, 0.5) is 0 Å². The first-order valence-corrected chi connectivity index (χ1v) is 11.2. The van der Waals surface area contributed by atoms with Crippen molar-refractivity contribution in [3.05, 3.63) is 29.3 Å². The highest BCUT2D eigenvalue weighted by Gasteiger charge is 2.42. The molecule has 3 amide bonds. The largest absolute Gasteiger partial charge is 0.330 e. The Morgan fingerprint density at radius 3 is 2.48 bits per heavy atom. The average molecular weight is 420 g/mol. The number of nitrogens with two attached hydrogens (primary N) is 1. The summed E-state index contributed by atoms with van der Waals surface area (Å²) >= 11 is 0. The van der Waals surface area contributed by atoms with Crippen LogP contribution in [0.3, 0.4) is 0 Å². The molecule has 9 nitrogen and oxygen atoms in total. The van der Waals surface area contributed by atoms with Gasteiger partial charge in [-0.3, -0.25) is 19.7 Å². The highest BCUT2D eigenvalue weighted by molar-refractivity contribution is 7.89. The number of hydrogen-bond donors (Lipinski definition) is 2. The summed E-state index contributed by atoms with van der Waals surface area (Å²) in [6, 6.07) is 3.89. The van der Waals surface area contributed by atoms with E-state index in [1.54, 1.807) is 12.1 Å². The molecule has 0 radical (unpaired) electrons. The molecule has 29 heavy (non-hydrogen) atoms. The molecule has 0 bridgehead atoms. The monoisotopic (exact) mass is 420 g/mol. The van der Waals surface area contributed by atoms with E-state index in [2.05, 4.69) is 5.32 Å². The van der Waals surface area contributed by atoms with Crippen molar-refractivity contribution in [3.8, 4) is 0 Å². The van der Waals surface area contributed by atoms with Gasteiger partial charge in [0.2, 0.25) is 21.8 Å². The molecule has 3 heterocycles. The summed E-state index contributed by atoms with van der Waals surface area (Å²) in [5, 5.41) is 2.25. The summed E-state index contributed by atoms with van der Waals surface area (Å²) < 4.78 is 28.0. The second kappa shape index (κ2) is 7.51. The predicted molar refractivity (Wildman–Crippen MR) is 103 cm³/mol. The van der Waals surface area contributed by atoms with Gasteiger partial charge in [0, 0.05) is 37.2 Å². The fraction of sp³-hybridized carbons (Fsp3) is 0.526. The molecule has 0 aliphatic carbocycles. The van der Waals surface area contributed by atoms with Crippen LogP contribution in [0, 0.1) is 5.92 Å². The third-order valence-electron chi connectivity index (χ3n) is 6.06. The highest BCUT2D eigenvalue weighted by Crippen LogP contribution is 2.34. The quantitative estimate of drug-likeness (QED) is 0.649. The van der Waals surface area contributed by atoms with Crippen molar-refractivity contribution in [1.29, 1.82) is 0 Å². The minimum atomic E-state index is -3.76. The molecule has 0 aromatic heterocycles. The SMILES string of the molecule is NCC1CCN(S(=O)(=O)c2cccc3c2CN(C2CCC(=O)NC2=O)C3=O)CC1. The summed E-state index contributed by atoms with van der Waals surface area (Å²) in [4.78, 5) is 38.0. The zero-order chi connectivity index (χ0) is 20.8. The Labute approximate surface area is 169 Å². The molecule has 2 fully saturated rings. The number of hydrogen-bond acceptors (Lipinski definition) is 6. The van der Waals surface area contributed by atoms with Gasteiger partial charge in [0.25, 0.3) is 5.91 Å². The maximum absolute atomic E-state index is 13.3. The zero-order valence-electron chi connectivity index (χ0n) is 16.0. The molecule has 3 aliphatic heterocycles. The third kappa shape index (κ3) is 3.45. The number of imide groups is 1. The molecule has 156 valence electrons. The number of nitrogens with zero attached hydrogens (tertiary/aromatic N) is 2. The van der Waals surface area contributed by atoms with Crippen molar-refractivity contribution in [2.24, 2.45) is 11.7 Å². The van der Waals surface area contributed by atoms with Crippen LogP contribution in [0.2, 0.25) is 0 Å². The number of benzene rings is 1. The van der Waals surface area contributed by atoms with Gasteiger partial charge < -0.3 is 10.6 Å². The molecule has 4 rings (SSSR count). The van der Waals surface area contributed by atoms with Crippen LogP contribution in [-0.2, 0) is 26.2 Å². The van der Waals surface area contributed by atoms with E-state index in [1.165, 1.54) is 15.3 Å². The van der Waals surface area contributed by atoms with Crippen LogP contribution in [0.5, 0.6) is 0 Å². The zero-order valence-corrected chi connectivity index (χ0v) is 16.8. The topological polar surface area (TPSA) is 130 Å². The van der Waals surface area contributed by atoms with E-state index in [1.807, 2.05) is 0 Å². The first kappa shape index (κ1) is 20.0. The van der Waals surface area contributed by atoms with Gasteiger partial charge in [-0.2, -0.15) is 4.31 Å². The van der Waals surface area contributed by atoms with E-state index < -0.39 is 22.0 Å². The predicted octanol–water partition coefficient (Wildman–Crippen LogP) is -0.193. The number of carbonyl (C=O) groups excluding carboxylic acids is 3. The van der Waals surface area contributed by atoms with E-state index in [-0.39, 0.29) is 36.1 Å². The Morgan fingerprint density at radius 2 is 1.83 bits per heavy atom. The molecule has 3 N–H and O–H groups in total. The van der Waals surface area contributed by atoms with Crippen LogP contribution in [0.1, 0.15) is 41.6 Å². The molecule has 1 aromatic rings. The second-order valence-electron chi connectivity index (χ2n) is 7.77. The smallest absolute Gasteiger partial charge is 0.255 e. The van der Waals surface area contributed by atoms with Gasteiger partial charge in [0.15, 0.2) is 0 Å². The Balaban J connectivity index is 1.62. The van der Waals surface area contributed by atoms with E-state index >= 15 is 0 Å². The molecule has 0 spiro atoms. The Hall–Kier alpha value is -2.30. The fourth-order valence-corrected chi connectivity index (χ4v) is 6.03. The highest BCUT2D eigenvalue weighted by atomic mass is 32.2. The Kier molecular flexibility index (Phi) is 5.18. The number of amides is 3. The lowest BCUT2D eigenvalue weighted by molar-refractivity contribution is -0.136. The van der Waals surface area contributed by atoms with Gasteiger partial charge in [-0.1, -0.05) is 6.07 Å². The maximum Gasteiger partial charge on any atom is 0.255 e. The molecule has 1 unspecified atom stereocenters. The van der Waals surface area contributed by atoms with Crippen molar-refractivity contribution in [2.45, 2.75) is 43.2 Å². The van der Waals surface area contributed by atoms with Gasteiger partial charge in [0.1, 0.15) is 6.04 Å². The average Bonchev–Trinajstić information content (AvgIpc) is 3.04. The molecule has 10 heteroatoms. The normalized spacial score (nSPS) is 24.0. The lowest BCUT2D eigenvalue weighted by atomic mass is 9.99. The number of nitrogens with one attached hydrogen (secondary N) is 1. The van der Waals surface area contributed by atoms with Gasteiger partial charge in [0.05, 0.1) is 4.90 Å². The van der Waals surface area contributed by atoms with Crippen LogP contribution in [0.15, 0.2) is 23.1 Å². The molecule has 1 atom stereocenters. The molecule has 2 saturated heterocycles.